The highest BCUT2D eigenvalue weighted by molar-refractivity contribution is 7.87. The molecule has 4 atom stereocenters. The van der Waals surface area contributed by atoms with Gasteiger partial charge in [0, 0.05) is 4.90 Å². The van der Waals surface area contributed by atoms with E-state index in [2.05, 4.69) is 10.2 Å². The number of azo groups is 1. The second kappa shape index (κ2) is 4.22. The molecule has 1 aromatic rings. The average molecular weight is 292 g/mol. The number of fused-ring (bicyclic) bond motifs is 1. The van der Waals surface area contributed by atoms with Crippen LogP contribution in [0.1, 0.15) is 19.4 Å². The predicted octanol–water partition coefficient (Wildman–Crippen LogP) is 2.22. The summed E-state index contributed by atoms with van der Waals surface area (Å²) < 4.78 is 18.2. The fourth-order valence-electron chi connectivity index (χ4n) is 2.66. The summed E-state index contributed by atoms with van der Waals surface area (Å²) in [6, 6.07) is 7.09. The van der Waals surface area contributed by atoms with E-state index in [1.54, 1.807) is 12.1 Å². The summed E-state index contributed by atoms with van der Waals surface area (Å²) >= 11 is 0. The van der Waals surface area contributed by atoms with Crippen LogP contribution < -0.4 is 0 Å². The molecule has 0 N–H and O–H groups in total. The number of esters is 1. The zero-order valence-electron chi connectivity index (χ0n) is 11.6. The van der Waals surface area contributed by atoms with Gasteiger partial charge in [-0.15, -0.1) is 0 Å². The van der Waals surface area contributed by atoms with E-state index in [0.29, 0.717) is 4.90 Å². The average Bonchev–Trinajstić information content (AvgIpc) is 2.85. The minimum absolute atomic E-state index is 0.191. The molecule has 5 nitrogen and oxygen atoms in total. The van der Waals surface area contributed by atoms with Crippen molar-refractivity contribution in [3.8, 4) is 0 Å². The van der Waals surface area contributed by atoms with Gasteiger partial charge in [0.1, 0.15) is 6.61 Å². The summed E-state index contributed by atoms with van der Waals surface area (Å²) in [5.74, 6) is -0.535. The number of benzene rings is 1. The molecule has 0 saturated carbocycles. The Morgan fingerprint density at radius 2 is 2.00 bits per heavy atom. The third kappa shape index (κ3) is 1.48. The zero-order chi connectivity index (χ0) is 14.5. The minimum Gasteiger partial charge on any atom is -0.462 e. The summed E-state index contributed by atoms with van der Waals surface area (Å²) in [6.45, 7) is 5.90. The van der Waals surface area contributed by atoms with Crippen molar-refractivity contribution in [3.05, 3.63) is 29.8 Å². The summed E-state index contributed by atoms with van der Waals surface area (Å²) in [5.41, 5.74) is 0.418. The van der Waals surface area contributed by atoms with Crippen LogP contribution in [0.3, 0.4) is 0 Å². The molecule has 3 rings (SSSR count). The van der Waals surface area contributed by atoms with Gasteiger partial charge < -0.3 is 4.74 Å². The van der Waals surface area contributed by atoms with E-state index in [1.807, 2.05) is 32.9 Å². The van der Waals surface area contributed by atoms with Crippen molar-refractivity contribution in [3.63, 3.8) is 0 Å². The standard InChI is InChI=1S/C14H16N2O3S/c1-9-4-6-11(7-5-9)20(18)14-12(17)19-8-13(14,3)10(2)15-16-14/h4-7,10H,8H2,1-3H3/t10-,13+,14-,20+/m0/s1. The first-order chi connectivity index (χ1) is 9.42. The van der Waals surface area contributed by atoms with Crippen LogP contribution in [0.5, 0.6) is 0 Å². The molecule has 1 fully saturated rings. The second-order valence-electron chi connectivity index (χ2n) is 5.61. The van der Waals surface area contributed by atoms with Crippen LogP contribution in [0.4, 0.5) is 0 Å². The number of aryl methyl sites for hydroxylation is 1. The molecule has 0 unspecified atom stereocenters. The predicted molar refractivity (Wildman–Crippen MR) is 73.7 cm³/mol. The maximum absolute atomic E-state index is 13.0. The molecular formula is C14H16N2O3S. The molecule has 2 aliphatic heterocycles. The van der Waals surface area contributed by atoms with Crippen molar-refractivity contribution < 1.29 is 13.7 Å². The Hall–Kier alpha value is -1.56. The number of nitrogens with zero attached hydrogens (tertiary/aromatic N) is 2. The van der Waals surface area contributed by atoms with E-state index in [-0.39, 0.29) is 12.6 Å². The normalized spacial score (nSPS) is 36.8. The van der Waals surface area contributed by atoms with E-state index < -0.39 is 27.1 Å². The highest BCUT2D eigenvalue weighted by Crippen LogP contribution is 2.53. The number of carbonyl (C=O) groups is 1. The molecule has 6 heteroatoms. The monoisotopic (exact) mass is 292 g/mol. The van der Waals surface area contributed by atoms with Crippen molar-refractivity contribution in [2.24, 2.45) is 15.6 Å². The van der Waals surface area contributed by atoms with Crippen molar-refractivity contribution in [1.29, 1.82) is 0 Å². The summed E-state index contributed by atoms with van der Waals surface area (Å²) in [7, 11) is -1.62. The molecular weight excluding hydrogens is 276 g/mol. The Morgan fingerprint density at radius 3 is 2.65 bits per heavy atom. The lowest BCUT2D eigenvalue weighted by Crippen LogP contribution is -2.50. The zero-order valence-corrected chi connectivity index (χ0v) is 12.4. The van der Waals surface area contributed by atoms with E-state index in [9.17, 15) is 9.00 Å². The Morgan fingerprint density at radius 1 is 1.35 bits per heavy atom. The highest BCUT2D eigenvalue weighted by atomic mass is 32.2. The van der Waals surface area contributed by atoms with Gasteiger partial charge in [0.15, 0.2) is 0 Å². The number of carbonyl (C=O) groups excluding carboxylic acids is 1. The number of rotatable bonds is 2. The minimum atomic E-state index is -1.62. The smallest absolute Gasteiger partial charge is 0.350 e. The fourth-order valence-corrected chi connectivity index (χ4v) is 4.36. The molecule has 0 bridgehead atoms. The van der Waals surface area contributed by atoms with Crippen molar-refractivity contribution in [2.45, 2.75) is 36.6 Å². The maximum atomic E-state index is 13.0. The van der Waals surface area contributed by atoms with Crippen molar-refractivity contribution >= 4 is 16.8 Å². The number of ether oxygens (including phenoxy) is 1. The first kappa shape index (κ1) is 13.4. The van der Waals surface area contributed by atoms with Crippen LogP contribution in [-0.2, 0) is 20.3 Å². The molecule has 1 saturated heterocycles. The van der Waals surface area contributed by atoms with E-state index >= 15 is 0 Å². The topological polar surface area (TPSA) is 68.1 Å². The summed E-state index contributed by atoms with van der Waals surface area (Å²) in [5, 5.41) is 8.22. The van der Waals surface area contributed by atoms with Gasteiger partial charge >= 0.3 is 5.97 Å². The van der Waals surface area contributed by atoms with Crippen molar-refractivity contribution in [1.82, 2.24) is 0 Å². The maximum Gasteiger partial charge on any atom is 0.350 e. The van der Waals surface area contributed by atoms with Crippen LogP contribution in [0, 0.1) is 12.3 Å². The van der Waals surface area contributed by atoms with Crippen LogP contribution in [0.2, 0.25) is 0 Å². The van der Waals surface area contributed by atoms with Gasteiger partial charge in [-0.05, 0) is 26.0 Å². The molecule has 0 aliphatic carbocycles. The molecule has 0 radical (unpaired) electrons. The summed E-state index contributed by atoms with van der Waals surface area (Å²) in [6.07, 6.45) is 0. The van der Waals surface area contributed by atoms with Crippen molar-refractivity contribution in [2.75, 3.05) is 6.61 Å². The fraction of sp³-hybridized carbons (Fsp3) is 0.500. The third-order valence-corrected chi connectivity index (χ3v) is 6.30. The number of hydrogen-bond donors (Lipinski definition) is 0. The second-order valence-corrected chi connectivity index (χ2v) is 7.21. The Balaban J connectivity index is 2.11. The molecule has 2 heterocycles. The van der Waals surface area contributed by atoms with Gasteiger partial charge in [-0.3, -0.25) is 4.21 Å². The first-order valence-electron chi connectivity index (χ1n) is 6.49. The lowest BCUT2D eigenvalue weighted by Gasteiger charge is -2.30. The Labute approximate surface area is 119 Å². The van der Waals surface area contributed by atoms with Gasteiger partial charge in [0.25, 0.3) is 4.87 Å². The van der Waals surface area contributed by atoms with Gasteiger partial charge in [0.2, 0.25) is 0 Å². The third-order valence-electron chi connectivity index (χ3n) is 4.35. The number of cyclic esters (lactones) is 1. The summed E-state index contributed by atoms with van der Waals surface area (Å²) in [4.78, 5) is 11.4. The van der Waals surface area contributed by atoms with Crippen LogP contribution >= 0.6 is 0 Å². The van der Waals surface area contributed by atoms with Gasteiger partial charge in [-0.1, -0.05) is 24.6 Å². The lowest BCUT2D eigenvalue weighted by atomic mass is 9.80. The van der Waals surface area contributed by atoms with E-state index in [0.717, 1.165) is 5.56 Å². The lowest BCUT2D eigenvalue weighted by molar-refractivity contribution is -0.140. The first-order valence-corrected chi connectivity index (χ1v) is 7.64. The molecule has 2 aliphatic rings. The van der Waals surface area contributed by atoms with Gasteiger partial charge in [-0.25, -0.2) is 4.79 Å². The quantitative estimate of drug-likeness (QED) is 0.785. The number of hydrogen-bond acceptors (Lipinski definition) is 5. The molecule has 106 valence electrons. The molecule has 0 amide bonds. The molecule has 1 aromatic carbocycles. The van der Waals surface area contributed by atoms with Crippen LogP contribution in [0.25, 0.3) is 0 Å². The van der Waals surface area contributed by atoms with Gasteiger partial charge in [0.05, 0.1) is 22.3 Å². The van der Waals surface area contributed by atoms with Crippen LogP contribution in [-0.4, -0.2) is 27.7 Å². The molecule has 20 heavy (non-hydrogen) atoms. The van der Waals surface area contributed by atoms with E-state index in [1.165, 1.54) is 0 Å². The molecule has 0 aromatic heterocycles. The molecule has 0 spiro atoms. The van der Waals surface area contributed by atoms with Crippen LogP contribution in [0.15, 0.2) is 39.4 Å². The van der Waals surface area contributed by atoms with E-state index in [4.69, 9.17) is 4.74 Å². The highest BCUT2D eigenvalue weighted by Gasteiger charge is 2.70. The SMILES string of the molecule is Cc1ccc([S@@](=O)[C@]23N=N[C@@H](C)[C@@]2(C)COC3=O)cc1. The van der Waals surface area contributed by atoms with Gasteiger partial charge in [-0.2, -0.15) is 10.2 Å². The Bertz CT molecular complexity index is 628. The largest absolute Gasteiger partial charge is 0.462 e. The Kier molecular flexibility index (Phi) is 2.83.